The summed E-state index contributed by atoms with van der Waals surface area (Å²) in [5, 5.41) is 0. The second-order valence-corrected chi connectivity index (χ2v) is 12.8. The van der Waals surface area contributed by atoms with Gasteiger partial charge < -0.3 is 16.5 Å². The van der Waals surface area contributed by atoms with Gasteiger partial charge in [-0.25, -0.2) is 0 Å². The van der Waals surface area contributed by atoms with Crippen molar-refractivity contribution in [3.63, 3.8) is 0 Å². The van der Waals surface area contributed by atoms with Crippen LogP contribution in [0.2, 0.25) is 0 Å². The molecule has 1 rings (SSSR count). The number of hydrogen-bond donors (Lipinski definition) is 0. The maximum atomic E-state index is 6.01. The Hall–Kier alpha value is -0.332. The molecule has 0 aromatic rings. The normalized spacial score (nSPS) is 26.5. The van der Waals surface area contributed by atoms with Crippen molar-refractivity contribution in [2.75, 3.05) is 0 Å². The largest absolute Gasteiger partial charge is 0.425 e. The van der Waals surface area contributed by atoms with E-state index in [9.17, 15) is 0 Å². The lowest BCUT2D eigenvalue weighted by molar-refractivity contribution is 0.301. The Bertz CT molecular complexity index is 262. The summed E-state index contributed by atoms with van der Waals surface area (Å²) < 4.78 is 22.9. The molecule has 4 nitrogen and oxygen atoms in total. The summed E-state index contributed by atoms with van der Waals surface area (Å²) >= 11 is 0. The molecule has 16 heavy (non-hydrogen) atoms. The van der Waals surface area contributed by atoms with Gasteiger partial charge in [-0.1, -0.05) is 0 Å². The lowest BCUT2D eigenvalue weighted by Gasteiger charge is -2.36. The fraction of sp³-hybridized carbons (Fsp3) is 0. The van der Waals surface area contributed by atoms with Crippen LogP contribution < -0.4 is 0 Å². The van der Waals surface area contributed by atoms with Crippen molar-refractivity contribution in [2.45, 2.75) is 0 Å². The summed E-state index contributed by atoms with van der Waals surface area (Å²) in [6.07, 6.45) is 0. The molecule has 0 aromatic heterocycles. The van der Waals surface area contributed by atoms with Crippen molar-refractivity contribution >= 4 is 37.1 Å². The van der Waals surface area contributed by atoms with E-state index in [1.807, 2.05) is 0 Å². The van der Waals surface area contributed by atoms with Crippen molar-refractivity contribution in [2.24, 2.45) is 0 Å². The van der Waals surface area contributed by atoms with E-state index < -0.39 is 37.1 Å². The number of rotatable bonds is 4. The smallest absolute Gasteiger partial charge is 0.373 e. The van der Waals surface area contributed by atoms with Crippen LogP contribution in [0.4, 0.5) is 0 Å². The second kappa shape index (κ2) is 5.84. The summed E-state index contributed by atoms with van der Waals surface area (Å²) in [6.45, 7) is 15.0. The fourth-order valence-corrected chi connectivity index (χ4v) is 12.2. The minimum absolute atomic E-state index is 1.05. The molecule has 0 unspecified atom stereocenters. The predicted octanol–water partition coefficient (Wildman–Crippen LogP) is -0.151. The van der Waals surface area contributed by atoms with Crippen LogP contribution in [-0.2, 0) is 16.5 Å². The topological polar surface area (TPSA) is 36.9 Å². The molecule has 0 amide bonds. The van der Waals surface area contributed by atoms with Gasteiger partial charge in [0.15, 0.2) is 0 Å². The predicted molar refractivity (Wildman–Crippen MR) is 73.7 cm³/mol. The third-order valence-electron chi connectivity index (χ3n) is 2.19. The van der Waals surface area contributed by atoms with E-state index in [4.69, 9.17) is 16.5 Å². The van der Waals surface area contributed by atoms with Gasteiger partial charge in [0.2, 0.25) is 0 Å². The maximum Gasteiger partial charge on any atom is 0.373 e. The molecule has 8 heteroatoms. The zero-order chi connectivity index (χ0) is 12.1. The van der Waals surface area contributed by atoms with Crippen LogP contribution >= 0.6 is 0 Å². The average molecular weight is 289 g/mol. The van der Waals surface area contributed by atoms with E-state index in [0.717, 1.165) is 0 Å². The van der Waals surface area contributed by atoms with E-state index in [1.54, 1.807) is 22.8 Å². The Balaban J connectivity index is 3.02. The summed E-state index contributed by atoms with van der Waals surface area (Å²) in [6, 6.07) is 0. The van der Waals surface area contributed by atoms with Crippen LogP contribution in [0.15, 0.2) is 49.1 Å². The Morgan fingerprint density at radius 1 is 0.750 bits per heavy atom. The van der Waals surface area contributed by atoms with Gasteiger partial charge >= 0.3 is 17.1 Å². The zero-order valence-electron chi connectivity index (χ0n) is 9.19. The molecule has 0 N–H and O–H groups in total. The zero-order valence-corrected chi connectivity index (χ0v) is 14.0. The Labute approximate surface area is 103 Å². The van der Waals surface area contributed by atoms with Gasteiger partial charge in [0, 0.05) is 0 Å². The molecule has 1 aliphatic rings. The molecule has 88 valence electrons. The highest BCUT2D eigenvalue weighted by atomic mass is 28.5. The minimum atomic E-state index is -2.61. The summed E-state index contributed by atoms with van der Waals surface area (Å²) in [7, 11) is -7.33. The van der Waals surface area contributed by atoms with Crippen molar-refractivity contribution < 1.29 is 16.5 Å². The molecule has 0 bridgehead atoms. The first-order valence-electron chi connectivity index (χ1n) is 4.76. The van der Waals surface area contributed by atoms with Crippen molar-refractivity contribution in [1.82, 2.24) is 0 Å². The van der Waals surface area contributed by atoms with Crippen molar-refractivity contribution in [1.29, 1.82) is 0 Å². The second-order valence-electron chi connectivity index (χ2n) is 3.09. The minimum Gasteiger partial charge on any atom is -0.425 e. The third-order valence-corrected chi connectivity index (χ3v) is 12.9. The van der Waals surface area contributed by atoms with Gasteiger partial charge in [0.25, 0.3) is 20.0 Å². The van der Waals surface area contributed by atoms with E-state index in [-0.39, 0.29) is 0 Å². The highest BCUT2D eigenvalue weighted by Gasteiger charge is 2.43. The highest BCUT2D eigenvalue weighted by molar-refractivity contribution is 6.93. The summed E-state index contributed by atoms with van der Waals surface area (Å²) in [5.74, 6) is 0. The van der Waals surface area contributed by atoms with E-state index in [2.05, 4.69) is 26.3 Å². The molecule has 1 fully saturated rings. The average Bonchev–Trinajstić information content (AvgIpc) is 2.31. The van der Waals surface area contributed by atoms with Crippen LogP contribution in [0, 0.1) is 0 Å². The van der Waals surface area contributed by atoms with E-state index in [0.29, 0.717) is 0 Å². The monoisotopic (exact) mass is 288 g/mol. The molecule has 0 radical (unpaired) electrons. The number of hydrogen-bond acceptors (Lipinski definition) is 4. The fourth-order valence-electron chi connectivity index (χ4n) is 1.18. The maximum absolute atomic E-state index is 6.01. The highest BCUT2D eigenvalue weighted by Crippen LogP contribution is 2.21. The first-order valence-corrected chi connectivity index (χ1v) is 11.0. The first-order chi connectivity index (χ1) is 7.66. The standard InChI is InChI=1S/C8H16O4Si4/c1-5-15(6-2)10-13-9-14-11-16(7-3,8-4)12-15/h5-8H,1-4,13-14H2. The van der Waals surface area contributed by atoms with Gasteiger partial charge in [-0.3, -0.25) is 0 Å². The Morgan fingerprint density at radius 2 is 1.12 bits per heavy atom. The molecule has 0 atom stereocenters. The molecule has 0 aliphatic carbocycles. The Kier molecular flexibility index (Phi) is 5.01. The quantitative estimate of drug-likeness (QED) is 0.674. The van der Waals surface area contributed by atoms with Gasteiger partial charge in [0.05, 0.1) is 0 Å². The molecule has 0 saturated carbocycles. The Morgan fingerprint density at radius 3 is 1.44 bits per heavy atom. The molecular weight excluding hydrogens is 272 g/mol. The third kappa shape index (κ3) is 2.87. The van der Waals surface area contributed by atoms with Crippen LogP contribution in [0.1, 0.15) is 0 Å². The molecular formula is C8H16O4Si4. The van der Waals surface area contributed by atoms with Crippen molar-refractivity contribution in [3.05, 3.63) is 49.1 Å². The molecule has 1 saturated heterocycles. The van der Waals surface area contributed by atoms with E-state index in [1.165, 1.54) is 0 Å². The van der Waals surface area contributed by atoms with Crippen LogP contribution in [0.3, 0.4) is 0 Å². The van der Waals surface area contributed by atoms with Crippen molar-refractivity contribution in [3.8, 4) is 0 Å². The van der Waals surface area contributed by atoms with E-state index >= 15 is 0 Å². The van der Waals surface area contributed by atoms with Crippen LogP contribution in [0.5, 0.6) is 0 Å². The van der Waals surface area contributed by atoms with Crippen LogP contribution in [0.25, 0.3) is 0 Å². The molecule has 1 heterocycles. The van der Waals surface area contributed by atoms with Crippen LogP contribution in [-0.4, -0.2) is 37.1 Å². The van der Waals surface area contributed by atoms with Gasteiger partial charge in [-0.2, -0.15) is 0 Å². The van der Waals surface area contributed by atoms with Gasteiger partial charge in [-0.05, 0) is 22.8 Å². The lowest BCUT2D eigenvalue weighted by atomic mass is 11.2. The molecule has 0 spiro atoms. The molecule has 0 aromatic carbocycles. The van der Waals surface area contributed by atoms with Gasteiger partial charge in [0.1, 0.15) is 0 Å². The summed E-state index contributed by atoms with van der Waals surface area (Å²) in [4.78, 5) is 0. The lowest BCUT2D eigenvalue weighted by Crippen LogP contribution is -2.55. The summed E-state index contributed by atoms with van der Waals surface area (Å²) in [5.41, 5.74) is 6.73. The van der Waals surface area contributed by atoms with Gasteiger partial charge in [-0.15, -0.1) is 26.3 Å². The molecule has 1 aliphatic heterocycles. The SMILES string of the molecule is C=C[Si]1(C=C)O[SiH2]O[SiH2]O[Si](C=C)(C=C)O1. The first kappa shape index (κ1) is 13.7.